The van der Waals surface area contributed by atoms with Crippen molar-refractivity contribution in [1.29, 1.82) is 0 Å². The van der Waals surface area contributed by atoms with Crippen LogP contribution in [0.2, 0.25) is 0 Å². The fourth-order valence-corrected chi connectivity index (χ4v) is 3.04. The van der Waals surface area contributed by atoms with Crippen LogP contribution in [0, 0.1) is 0 Å². The summed E-state index contributed by atoms with van der Waals surface area (Å²) in [7, 11) is 1.74. The molecule has 2 rings (SSSR count). The molecule has 7 heteroatoms. The van der Waals surface area contributed by atoms with E-state index in [4.69, 9.17) is 5.11 Å². The van der Waals surface area contributed by atoms with E-state index in [2.05, 4.69) is 5.32 Å². The third-order valence-electron chi connectivity index (χ3n) is 3.39. The van der Waals surface area contributed by atoms with Gasteiger partial charge in [0.1, 0.15) is 0 Å². The summed E-state index contributed by atoms with van der Waals surface area (Å²) in [6, 6.07) is 13.6. The van der Waals surface area contributed by atoms with Crippen molar-refractivity contribution in [2.45, 2.75) is 12.5 Å². The summed E-state index contributed by atoms with van der Waals surface area (Å²) in [4.78, 5) is 25.6. The predicted octanol–water partition coefficient (Wildman–Crippen LogP) is 2.78. The maximum Gasteiger partial charge on any atom is 0.304 e. The Hall–Kier alpha value is -1.89. The van der Waals surface area contributed by atoms with Crippen molar-refractivity contribution in [3.63, 3.8) is 0 Å². The van der Waals surface area contributed by atoms with E-state index in [0.717, 1.165) is 10.4 Å². The molecule has 0 spiro atoms. The first kappa shape index (κ1) is 20.2. The molecule has 0 radical (unpaired) electrons. The highest BCUT2D eigenvalue weighted by molar-refractivity contribution is 7.10. The van der Waals surface area contributed by atoms with Crippen molar-refractivity contribution < 1.29 is 14.7 Å². The number of aliphatic carboxylic acids is 1. The highest BCUT2D eigenvalue weighted by Crippen LogP contribution is 2.25. The summed E-state index contributed by atoms with van der Waals surface area (Å²) in [5, 5.41) is 13.7. The Bertz CT molecular complexity index is 635. The second-order valence-electron chi connectivity index (χ2n) is 5.31. The number of carboxylic acids is 1. The van der Waals surface area contributed by atoms with E-state index in [1.807, 2.05) is 47.8 Å². The number of rotatable bonds is 8. The lowest BCUT2D eigenvalue weighted by atomic mass is 10.1. The smallest absolute Gasteiger partial charge is 0.304 e. The van der Waals surface area contributed by atoms with Crippen LogP contribution in [0.5, 0.6) is 0 Å². The number of carbonyl (C=O) groups excluding carboxylic acids is 1. The molecule has 1 unspecified atom stereocenters. The Morgan fingerprint density at radius 1 is 1.21 bits per heavy atom. The first-order chi connectivity index (χ1) is 11.1. The molecule has 1 aromatic heterocycles. The molecular formula is C17H21ClN2O3S. The first-order valence-corrected chi connectivity index (χ1v) is 8.22. The van der Waals surface area contributed by atoms with Gasteiger partial charge in [0.05, 0.1) is 19.0 Å². The molecule has 0 saturated heterocycles. The lowest BCUT2D eigenvalue weighted by molar-refractivity contribution is -0.137. The van der Waals surface area contributed by atoms with Gasteiger partial charge in [-0.2, -0.15) is 0 Å². The Balaban J connectivity index is 0.00000288. The van der Waals surface area contributed by atoms with Gasteiger partial charge in [0.2, 0.25) is 5.91 Å². The number of carbonyl (C=O) groups is 2. The van der Waals surface area contributed by atoms with E-state index in [-0.39, 0.29) is 37.3 Å². The molecule has 0 aliphatic rings. The SMILES string of the molecule is CN(CCC(=O)O)CC(=O)NC(c1ccccc1)c1cccs1.Cl. The van der Waals surface area contributed by atoms with Gasteiger partial charge in [0.25, 0.3) is 0 Å². The number of nitrogens with zero attached hydrogens (tertiary/aromatic N) is 1. The van der Waals surface area contributed by atoms with Gasteiger partial charge >= 0.3 is 5.97 Å². The maximum absolute atomic E-state index is 12.3. The number of halogens is 1. The molecular weight excluding hydrogens is 348 g/mol. The summed E-state index contributed by atoms with van der Waals surface area (Å²) in [5.74, 6) is -0.988. The summed E-state index contributed by atoms with van der Waals surface area (Å²) >= 11 is 1.59. The fourth-order valence-electron chi connectivity index (χ4n) is 2.24. The molecule has 1 atom stereocenters. The van der Waals surface area contributed by atoms with Crippen LogP contribution < -0.4 is 5.32 Å². The van der Waals surface area contributed by atoms with Gasteiger partial charge in [-0.3, -0.25) is 14.5 Å². The number of hydrogen-bond acceptors (Lipinski definition) is 4. The molecule has 0 aliphatic heterocycles. The monoisotopic (exact) mass is 368 g/mol. The molecule has 1 aromatic carbocycles. The molecule has 0 aliphatic carbocycles. The number of benzene rings is 1. The normalized spacial score (nSPS) is 11.6. The number of nitrogens with one attached hydrogen (secondary N) is 1. The zero-order valence-electron chi connectivity index (χ0n) is 13.3. The molecule has 130 valence electrons. The Morgan fingerprint density at radius 2 is 1.92 bits per heavy atom. The van der Waals surface area contributed by atoms with Crippen molar-refractivity contribution in [1.82, 2.24) is 10.2 Å². The van der Waals surface area contributed by atoms with Gasteiger partial charge in [-0.25, -0.2) is 0 Å². The number of amides is 1. The van der Waals surface area contributed by atoms with Gasteiger partial charge in [0, 0.05) is 11.4 Å². The van der Waals surface area contributed by atoms with E-state index >= 15 is 0 Å². The lowest BCUT2D eigenvalue weighted by Crippen LogP contribution is -2.38. The number of carboxylic acid groups (broad SMARTS) is 1. The zero-order chi connectivity index (χ0) is 16.7. The van der Waals surface area contributed by atoms with Crippen molar-refractivity contribution in [2.24, 2.45) is 0 Å². The zero-order valence-corrected chi connectivity index (χ0v) is 15.0. The van der Waals surface area contributed by atoms with Crippen LogP contribution in [0.25, 0.3) is 0 Å². The third kappa shape index (κ3) is 6.31. The average molecular weight is 369 g/mol. The van der Waals surface area contributed by atoms with E-state index in [1.54, 1.807) is 23.3 Å². The molecule has 5 nitrogen and oxygen atoms in total. The second-order valence-corrected chi connectivity index (χ2v) is 6.29. The van der Waals surface area contributed by atoms with Gasteiger partial charge in [-0.15, -0.1) is 23.7 Å². The maximum atomic E-state index is 12.3. The van der Waals surface area contributed by atoms with Crippen LogP contribution in [0.4, 0.5) is 0 Å². The topological polar surface area (TPSA) is 69.6 Å². The van der Waals surface area contributed by atoms with Gasteiger partial charge in [-0.1, -0.05) is 36.4 Å². The third-order valence-corrected chi connectivity index (χ3v) is 4.32. The molecule has 1 heterocycles. The molecule has 2 N–H and O–H groups in total. The average Bonchev–Trinajstić information content (AvgIpc) is 3.05. The lowest BCUT2D eigenvalue weighted by Gasteiger charge is -2.21. The second kappa shape index (κ2) is 10.1. The molecule has 24 heavy (non-hydrogen) atoms. The van der Waals surface area contributed by atoms with Crippen molar-refractivity contribution in [2.75, 3.05) is 20.1 Å². The van der Waals surface area contributed by atoms with E-state index in [9.17, 15) is 9.59 Å². The highest BCUT2D eigenvalue weighted by atomic mass is 35.5. The number of likely N-dealkylation sites (N-methyl/N-ethyl adjacent to an activating group) is 1. The minimum absolute atomic E-state index is 0. The standard InChI is InChI=1S/C17H20N2O3S.ClH/c1-19(10-9-16(21)22)12-15(20)18-17(14-8-5-11-23-14)13-6-3-2-4-7-13;/h2-8,11,17H,9-10,12H2,1H3,(H,18,20)(H,21,22);1H. The summed E-state index contributed by atoms with van der Waals surface area (Å²) in [6.45, 7) is 0.514. The summed E-state index contributed by atoms with van der Waals surface area (Å²) in [5.41, 5.74) is 1.02. The minimum Gasteiger partial charge on any atom is -0.481 e. The van der Waals surface area contributed by atoms with Gasteiger partial charge in [0.15, 0.2) is 0 Å². The van der Waals surface area contributed by atoms with Gasteiger partial charge in [-0.05, 0) is 24.1 Å². The molecule has 2 aromatic rings. The Labute approximate surface area is 151 Å². The number of thiophene rings is 1. The van der Waals surface area contributed by atoms with Crippen molar-refractivity contribution in [3.05, 3.63) is 58.3 Å². The quantitative estimate of drug-likeness (QED) is 0.751. The number of hydrogen-bond donors (Lipinski definition) is 2. The van der Waals surface area contributed by atoms with E-state index in [0.29, 0.717) is 6.54 Å². The fraction of sp³-hybridized carbons (Fsp3) is 0.294. The van der Waals surface area contributed by atoms with E-state index in [1.165, 1.54) is 0 Å². The van der Waals surface area contributed by atoms with E-state index < -0.39 is 5.97 Å². The molecule has 0 fully saturated rings. The van der Waals surface area contributed by atoms with Crippen LogP contribution in [0.1, 0.15) is 22.9 Å². The Morgan fingerprint density at radius 3 is 2.50 bits per heavy atom. The summed E-state index contributed by atoms with van der Waals surface area (Å²) < 4.78 is 0. The molecule has 1 amide bonds. The van der Waals surface area contributed by atoms with Crippen molar-refractivity contribution >= 4 is 35.6 Å². The highest BCUT2D eigenvalue weighted by Gasteiger charge is 2.18. The molecule has 0 saturated carbocycles. The predicted molar refractivity (Wildman–Crippen MR) is 97.7 cm³/mol. The first-order valence-electron chi connectivity index (χ1n) is 7.34. The minimum atomic E-state index is -0.863. The van der Waals surface area contributed by atoms with Crippen LogP contribution in [0.3, 0.4) is 0 Å². The van der Waals surface area contributed by atoms with Crippen LogP contribution in [-0.2, 0) is 9.59 Å². The summed E-state index contributed by atoms with van der Waals surface area (Å²) in [6.07, 6.45) is 0.0246. The van der Waals surface area contributed by atoms with Crippen LogP contribution in [-0.4, -0.2) is 42.0 Å². The van der Waals surface area contributed by atoms with Crippen molar-refractivity contribution in [3.8, 4) is 0 Å². The van der Waals surface area contributed by atoms with Crippen LogP contribution in [0.15, 0.2) is 47.8 Å². The van der Waals surface area contributed by atoms with Gasteiger partial charge < -0.3 is 10.4 Å². The molecule has 0 bridgehead atoms. The Kier molecular flexibility index (Phi) is 8.46. The van der Waals surface area contributed by atoms with Crippen LogP contribution >= 0.6 is 23.7 Å². The largest absolute Gasteiger partial charge is 0.481 e.